The monoisotopic (exact) mass is 645 g/mol. The Morgan fingerprint density at radius 2 is 0.689 bits per heavy atom. The van der Waals surface area contributed by atoms with Gasteiger partial charge in [-0.2, -0.15) is 0 Å². The number of rotatable bonds is 24. The van der Waals surface area contributed by atoms with Crippen LogP contribution in [-0.4, -0.2) is 71.0 Å². The van der Waals surface area contributed by atoms with Gasteiger partial charge in [-0.3, -0.25) is 0 Å². The highest BCUT2D eigenvalue weighted by Gasteiger charge is 2.48. The van der Waals surface area contributed by atoms with E-state index < -0.39 is 27.9 Å². The maximum absolute atomic E-state index is 6.68. The lowest BCUT2D eigenvalue weighted by molar-refractivity contribution is -0.148. The fraction of sp³-hybridized carbons (Fsp3) is 1.00. The van der Waals surface area contributed by atoms with E-state index in [0.717, 1.165) is 51.4 Å². The molecule has 0 heterocycles. The first kappa shape index (κ1) is 44.7. The maximum Gasteiger partial charge on any atom is 0.0648 e. The van der Waals surface area contributed by atoms with Crippen LogP contribution in [0.5, 0.6) is 0 Å². The largest absolute Gasteiger partial charge is 0.375 e. The van der Waals surface area contributed by atoms with Crippen LogP contribution in [0, 0.1) is 5.41 Å². The van der Waals surface area contributed by atoms with Gasteiger partial charge in [0.05, 0.1) is 29.0 Å². The highest BCUT2D eigenvalue weighted by atomic mass is 16.5. The molecule has 0 bridgehead atoms. The Balaban J connectivity index is 6.71. The standard InChI is InChI=1S/C37H80N4O4/c1-17-36(16,41)20-23-44-34(12,13)26-37(27-35(14,15)45-28-31(6,7)40,24-32(8,9)42-21-18-29(2,3)38)25-33(10,11)43-22-19-30(4,5)39/h17-28,38-41H2,1-16H3. The van der Waals surface area contributed by atoms with Gasteiger partial charge in [0.25, 0.3) is 0 Å². The molecule has 1 atom stereocenters. The van der Waals surface area contributed by atoms with E-state index in [-0.39, 0.29) is 22.0 Å². The minimum atomic E-state index is -0.463. The van der Waals surface area contributed by atoms with Crippen molar-refractivity contribution in [1.29, 1.82) is 0 Å². The quantitative estimate of drug-likeness (QED) is 0.0863. The molecule has 1 unspecified atom stereocenters. The summed E-state index contributed by atoms with van der Waals surface area (Å²) in [5.74, 6) is 0. The van der Waals surface area contributed by atoms with Gasteiger partial charge in [0.1, 0.15) is 0 Å². The zero-order valence-corrected chi connectivity index (χ0v) is 32.9. The summed E-state index contributed by atoms with van der Waals surface area (Å²) < 4.78 is 26.5. The number of hydrogen-bond acceptors (Lipinski definition) is 8. The zero-order chi connectivity index (χ0) is 35.8. The van der Waals surface area contributed by atoms with E-state index >= 15 is 0 Å². The molecule has 0 fully saturated rings. The zero-order valence-electron chi connectivity index (χ0n) is 32.9. The van der Waals surface area contributed by atoms with Gasteiger partial charge in [-0.25, -0.2) is 0 Å². The molecule has 0 radical (unpaired) electrons. The molecule has 8 N–H and O–H groups in total. The summed E-state index contributed by atoms with van der Waals surface area (Å²) in [7, 11) is 0. The van der Waals surface area contributed by atoms with Crippen LogP contribution in [0.15, 0.2) is 0 Å². The molecule has 0 aromatic rings. The lowest BCUT2D eigenvalue weighted by atomic mass is 9.62. The van der Waals surface area contributed by atoms with Gasteiger partial charge in [-0.1, -0.05) is 6.92 Å². The summed E-state index contributed by atoms with van der Waals surface area (Å²) in [6, 6.07) is 0. The first-order chi connectivity index (χ1) is 19.7. The van der Waals surface area contributed by atoms with Crippen molar-refractivity contribution in [1.82, 2.24) is 0 Å². The van der Waals surface area contributed by atoms with Crippen molar-refractivity contribution >= 4 is 0 Å². The van der Waals surface area contributed by atoms with Gasteiger partial charge in [0.15, 0.2) is 0 Å². The van der Waals surface area contributed by atoms with Gasteiger partial charge in [0, 0.05) is 42.0 Å². The molecule has 8 heteroatoms. The van der Waals surface area contributed by atoms with Gasteiger partial charge < -0.3 is 41.9 Å². The minimum absolute atomic E-state index is 0.253. The summed E-state index contributed by atoms with van der Waals surface area (Å²) in [5.41, 5.74) is 22.2. The van der Waals surface area contributed by atoms with Crippen LogP contribution in [0.2, 0.25) is 0 Å². The molecule has 0 aliphatic heterocycles. The average molecular weight is 645 g/mol. The van der Waals surface area contributed by atoms with Gasteiger partial charge in [0.2, 0.25) is 0 Å². The van der Waals surface area contributed by atoms with Crippen molar-refractivity contribution in [3.05, 3.63) is 0 Å². The van der Waals surface area contributed by atoms with Crippen molar-refractivity contribution in [2.75, 3.05) is 26.4 Å². The van der Waals surface area contributed by atoms with E-state index in [1.807, 2.05) is 41.5 Å². The van der Waals surface area contributed by atoms with Crippen LogP contribution in [0.1, 0.15) is 162 Å². The van der Waals surface area contributed by atoms with E-state index in [2.05, 4.69) is 69.2 Å². The van der Waals surface area contributed by atoms with Crippen LogP contribution in [0.4, 0.5) is 0 Å². The third-order valence-corrected chi connectivity index (χ3v) is 8.49. The predicted molar refractivity (Wildman–Crippen MR) is 193 cm³/mol. The Morgan fingerprint density at radius 1 is 0.400 bits per heavy atom. The molecule has 272 valence electrons. The first-order valence-electron chi connectivity index (χ1n) is 17.4. The number of hydrogen-bond donors (Lipinski definition) is 4. The fourth-order valence-corrected chi connectivity index (χ4v) is 6.49. The highest BCUT2D eigenvalue weighted by Crippen LogP contribution is 2.50. The lowest BCUT2D eigenvalue weighted by Gasteiger charge is -2.50. The Hall–Kier alpha value is -0.320. The second kappa shape index (κ2) is 16.4. The molecule has 8 nitrogen and oxygen atoms in total. The molecule has 0 saturated heterocycles. The topological polar surface area (TPSA) is 141 Å². The number of ether oxygens (including phenoxy) is 4. The summed E-state index contributed by atoms with van der Waals surface area (Å²) >= 11 is 0. The van der Waals surface area contributed by atoms with Gasteiger partial charge in [-0.05, 0) is 161 Å². The average Bonchev–Trinajstić information content (AvgIpc) is 2.73. The second-order valence-corrected chi connectivity index (χ2v) is 19.3. The molecular weight excluding hydrogens is 564 g/mol. The van der Waals surface area contributed by atoms with Crippen LogP contribution in [0.25, 0.3) is 0 Å². The van der Waals surface area contributed by atoms with Crippen LogP contribution < -0.4 is 22.9 Å². The van der Waals surface area contributed by atoms with Crippen LogP contribution in [-0.2, 0) is 18.9 Å². The van der Waals surface area contributed by atoms with Crippen molar-refractivity contribution < 1.29 is 18.9 Å². The van der Waals surface area contributed by atoms with Crippen molar-refractivity contribution in [3.8, 4) is 0 Å². The summed E-state index contributed by atoms with van der Waals surface area (Å²) in [6.45, 7) is 36.2. The third-order valence-electron chi connectivity index (χ3n) is 8.49. The van der Waals surface area contributed by atoms with E-state index in [1.54, 1.807) is 0 Å². The first-order valence-corrected chi connectivity index (χ1v) is 17.4. The molecule has 0 aliphatic carbocycles. The van der Waals surface area contributed by atoms with Crippen LogP contribution in [0.3, 0.4) is 0 Å². The van der Waals surface area contributed by atoms with Crippen molar-refractivity contribution in [2.24, 2.45) is 28.3 Å². The predicted octanol–water partition coefficient (Wildman–Crippen LogP) is 7.22. The van der Waals surface area contributed by atoms with Crippen molar-refractivity contribution in [3.63, 3.8) is 0 Å². The van der Waals surface area contributed by atoms with Gasteiger partial charge >= 0.3 is 0 Å². The van der Waals surface area contributed by atoms with Gasteiger partial charge in [-0.15, -0.1) is 0 Å². The number of nitrogens with two attached hydrogens (primary N) is 4. The molecule has 0 amide bonds. The normalized spacial score (nSPS) is 16.3. The highest BCUT2D eigenvalue weighted by molar-refractivity contribution is 4.99. The smallest absolute Gasteiger partial charge is 0.0648 e. The Labute approximate surface area is 280 Å². The Bertz CT molecular complexity index is 812. The third kappa shape index (κ3) is 22.8. The van der Waals surface area contributed by atoms with Crippen LogP contribution >= 0.6 is 0 Å². The Kier molecular flexibility index (Phi) is 16.3. The van der Waals surface area contributed by atoms with E-state index in [4.69, 9.17) is 41.9 Å². The second-order valence-electron chi connectivity index (χ2n) is 19.3. The summed E-state index contributed by atoms with van der Waals surface area (Å²) in [4.78, 5) is 0. The lowest BCUT2D eigenvalue weighted by Crippen LogP contribution is -2.50. The van der Waals surface area contributed by atoms with E-state index in [0.29, 0.717) is 26.4 Å². The summed E-state index contributed by atoms with van der Waals surface area (Å²) in [5, 5.41) is 0. The molecule has 0 aromatic carbocycles. The summed E-state index contributed by atoms with van der Waals surface area (Å²) in [6.07, 6.45) is 6.39. The molecule has 0 aromatic heterocycles. The maximum atomic E-state index is 6.68. The molecule has 0 aliphatic rings. The molecular formula is C37H80N4O4. The molecule has 45 heavy (non-hydrogen) atoms. The molecule has 0 saturated carbocycles. The molecule has 0 spiro atoms. The van der Waals surface area contributed by atoms with E-state index in [9.17, 15) is 0 Å². The SMILES string of the molecule is CCC(C)(N)CCOC(C)(C)CC(CC(C)(C)OCCC(C)(C)N)(CC(C)(C)OCCC(C)(C)N)CC(C)(C)OCC(C)(C)N. The van der Waals surface area contributed by atoms with Crippen molar-refractivity contribution in [2.45, 2.75) is 207 Å². The molecule has 0 rings (SSSR count). The Morgan fingerprint density at radius 3 is 0.956 bits per heavy atom. The minimum Gasteiger partial charge on any atom is -0.375 e. The van der Waals surface area contributed by atoms with E-state index in [1.165, 1.54) is 0 Å². The fourth-order valence-electron chi connectivity index (χ4n) is 6.49.